The summed E-state index contributed by atoms with van der Waals surface area (Å²) in [5.74, 6) is 1.92. The van der Waals surface area contributed by atoms with Crippen molar-refractivity contribution in [3.05, 3.63) is 182 Å². The van der Waals surface area contributed by atoms with E-state index in [-0.39, 0.29) is 0 Å². The molecule has 9 aromatic carbocycles. The summed E-state index contributed by atoms with van der Waals surface area (Å²) in [6, 6.07) is 60.1. The maximum absolute atomic E-state index is 5.14. The first-order chi connectivity index (χ1) is 26.8. The van der Waals surface area contributed by atoms with E-state index in [0.29, 0.717) is 17.5 Å². The van der Waals surface area contributed by atoms with Crippen LogP contribution in [0, 0.1) is 0 Å². The van der Waals surface area contributed by atoms with Crippen LogP contribution < -0.4 is 0 Å². The van der Waals surface area contributed by atoms with Crippen molar-refractivity contribution in [1.82, 2.24) is 19.9 Å². The van der Waals surface area contributed by atoms with E-state index in [1.807, 2.05) is 30.6 Å². The van der Waals surface area contributed by atoms with Crippen LogP contribution in [0.3, 0.4) is 0 Å². The molecule has 0 saturated heterocycles. The Hall–Kier alpha value is -7.30. The average Bonchev–Trinajstić information content (AvgIpc) is 3.26. The lowest BCUT2D eigenvalue weighted by Crippen LogP contribution is -2.00. The van der Waals surface area contributed by atoms with E-state index in [0.717, 1.165) is 27.6 Å². The molecule has 0 fully saturated rings. The lowest BCUT2D eigenvalue weighted by molar-refractivity contribution is 1.07. The fourth-order valence-corrected chi connectivity index (χ4v) is 8.21. The fourth-order valence-electron chi connectivity index (χ4n) is 8.21. The van der Waals surface area contributed by atoms with Crippen molar-refractivity contribution in [2.75, 3.05) is 0 Å². The standard InChI is InChI=1S/C50H30N4/c1-2-11-33(12-3-1)48-52-49(54-50(53-48)36-24-25-42-40-16-7-6-14-38(40)39-15-8-9-17-41(39)45(42)29-36)34-21-18-32(19-22-34)44-28-35-23-20-31-10-4-5-13-37(31)47(35)46-30-51-27-26-43(44)46/h1-30H. The van der Waals surface area contributed by atoms with Gasteiger partial charge in [0.2, 0.25) is 0 Å². The summed E-state index contributed by atoms with van der Waals surface area (Å²) in [6.45, 7) is 0. The molecule has 0 bridgehead atoms. The second kappa shape index (κ2) is 12.1. The Balaban J connectivity index is 1.06. The van der Waals surface area contributed by atoms with E-state index < -0.39 is 0 Å². The third-order valence-electron chi connectivity index (χ3n) is 10.8. The molecule has 0 aliphatic rings. The molecule has 0 spiro atoms. The van der Waals surface area contributed by atoms with Gasteiger partial charge in [-0.05, 0) is 88.6 Å². The Morgan fingerprint density at radius 3 is 1.52 bits per heavy atom. The van der Waals surface area contributed by atoms with E-state index in [1.165, 1.54) is 64.8 Å². The van der Waals surface area contributed by atoms with Crippen molar-refractivity contribution >= 4 is 64.6 Å². The Bertz CT molecular complexity index is 3230. The molecular formula is C50H30N4. The van der Waals surface area contributed by atoms with Gasteiger partial charge in [-0.25, -0.2) is 15.0 Å². The molecule has 2 heterocycles. The van der Waals surface area contributed by atoms with Gasteiger partial charge in [-0.15, -0.1) is 0 Å². The van der Waals surface area contributed by atoms with Gasteiger partial charge in [0.15, 0.2) is 17.5 Å². The average molecular weight is 687 g/mol. The Morgan fingerprint density at radius 1 is 0.296 bits per heavy atom. The first kappa shape index (κ1) is 30.3. The van der Waals surface area contributed by atoms with Gasteiger partial charge in [0.25, 0.3) is 0 Å². The number of nitrogens with zero attached hydrogens (tertiary/aromatic N) is 4. The minimum Gasteiger partial charge on any atom is -0.264 e. The SMILES string of the molecule is c1ccc(-c2nc(-c3ccc(-c4cc5ccc6ccccc6c5c5cnccc45)cc3)nc(-c3ccc4c5ccccc5c5ccccc5c4c3)n2)cc1. The number of hydrogen-bond acceptors (Lipinski definition) is 4. The van der Waals surface area contributed by atoms with Crippen LogP contribution >= 0.6 is 0 Å². The van der Waals surface area contributed by atoms with Crippen molar-refractivity contribution in [3.8, 4) is 45.3 Å². The summed E-state index contributed by atoms with van der Waals surface area (Å²) in [5.41, 5.74) is 5.11. The molecule has 250 valence electrons. The van der Waals surface area contributed by atoms with Gasteiger partial charge < -0.3 is 0 Å². The van der Waals surface area contributed by atoms with Gasteiger partial charge in [0.1, 0.15) is 0 Å². The summed E-state index contributed by atoms with van der Waals surface area (Å²) in [7, 11) is 0. The third-order valence-corrected chi connectivity index (χ3v) is 10.8. The highest BCUT2D eigenvalue weighted by molar-refractivity contribution is 6.26. The van der Waals surface area contributed by atoms with Crippen LogP contribution in [-0.2, 0) is 0 Å². The molecule has 0 N–H and O–H groups in total. The highest BCUT2D eigenvalue weighted by Crippen LogP contribution is 2.40. The number of benzene rings is 9. The third kappa shape index (κ3) is 4.85. The number of fused-ring (bicyclic) bond motifs is 11. The highest BCUT2D eigenvalue weighted by atomic mass is 15.0. The van der Waals surface area contributed by atoms with Gasteiger partial charge in [0, 0.05) is 34.5 Å². The van der Waals surface area contributed by atoms with E-state index in [9.17, 15) is 0 Å². The molecule has 0 saturated carbocycles. The fraction of sp³-hybridized carbons (Fsp3) is 0. The largest absolute Gasteiger partial charge is 0.264 e. The molecule has 4 heteroatoms. The zero-order chi connectivity index (χ0) is 35.6. The van der Waals surface area contributed by atoms with Crippen molar-refractivity contribution in [3.63, 3.8) is 0 Å². The second-order valence-electron chi connectivity index (χ2n) is 13.8. The summed E-state index contributed by atoms with van der Waals surface area (Å²) < 4.78 is 0. The number of rotatable bonds is 4. The maximum atomic E-state index is 5.14. The van der Waals surface area contributed by atoms with Crippen molar-refractivity contribution in [2.45, 2.75) is 0 Å². The molecule has 0 unspecified atom stereocenters. The van der Waals surface area contributed by atoms with Crippen LogP contribution in [0.25, 0.3) is 110 Å². The van der Waals surface area contributed by atoms with Gasteiger partial charge in [0.05, 0.1) is 0 Å². The lowest BCUT2D eigenvalue weighted by Gasteiger charge is -2.14. The predicted octanol–water partition coefficient (Wildman–Crippen LogP) is 12.9. The summed E-state index contributed by atoms with van der Waals surface area (Å²) >= 11 is 0. The first-order valence-corrected chi connectivity index (χ1v) is 18.2. The second-order valence-corrected chi connectivity index (χ2v) is 13.8. The van der Waals surface area contributed by atoms with E-state index >= 15 is 0 Å². The van der Waals surface area contributed by atoms with Gasteiger partial charge >= 0.3 is 0 Å². The smallest absolute Gasteiger partial charge is 0.164 e. The Morgan fingerprint density at radius 2 is 0.815 bits per heavy atom. The summed E-state index contributed by atoms with van der Waals surface area (Å²) in [4.78, 5) is 19.8. The molecule has 54 heavy (non-hydrogen) atoms. The highest BCUT2D eigenvalue weighted by Gasteiger charge is 2.16. The minimum absolute atomic E-state index is 0.632. The van der Waals surface area contributed by atoms with Gasteiger partial charge in [-0.3, -0.25) is 4.98 Å². The zero-order valence-electron chi connectivity index (χ0n) is 29.1. The molecule has 2 aromatic heterocycles. The van der Waals surface area contributed by atoms with Crippen LogP contribution in [0.1, 0.15) is 0 Å². The van der Waals surface area contributed by atoms with Crippen LogP contribution in [0.4, 0.5) is 0 Å². The molecule has 4 nitrogen and oxygen atoms in total. The van der Waals surface area contributed by atoms with Gasteiger partial charge in [-0.2, -0.15) is 0 Å². The van der Waals surface area contributed by atoms with Crippen LogP contribution in [0.5, 0.6) is 0 Å². The maximum Gasteiger partial charge on any atom is 0.164 e. The predicted molar refractivity (Wildman–Crippen MR) is 224 cm³/mol. The van der Waals surface area contributed by atoms with E-state index in [4.69, 9.17) is 15.0 Å². The van der Waals surface area contributed by atoms with E-state index in [2.05, 4.69) is 157 Å². The quantitative estimate of drug-likeness (QED) is 0.173. The molecule has 0 aliphatic heterocycles. The summed E-state index contributed by atoms with van der Waals surface area (Å²) in [5, 5.41) is 14.6. The first-order valence-electron chi connectivity index (χ1n) is 18.2. The van der Waals surface area contributed by atoms with Crippen molar-refractivity contribution < 1.29 is 0 Å². The molecule has 11 aromatic rings. The van der Waals surface area contributed by atoms with Crippen LogP contribution in [-0.4, -0.2) is 19.9 Å². The molecule has 0 amide bonds. The number of aromatic nitrogens is 4. The molecular weight excluding hydrogens is 657 g/mol. The van der Waals surface area contributed by atoms with Crippen LogP contribution in [0.15, 0.2) is 182 Å². The monoisotopic (exact) mass is 686 g/mol. The lowest BCUT2D eigenvalue weighted by atomic mass is 9.91. The molecule has 11 rings (SSSR count). The van der Waals surface area contributed by atoms with Crippen LogP contribution in [0.2, 0.25) is 0 Å². The number of pyridine rings is 1. The van der Waals surface area contributed by atoms with E-state index in [1.54, 1.807) is 0 Å². The topological polar surface area (TPSA) is 51.6 Å². The number of hydrogen-bond donors (Lipinski definition) is 0. The molecule has 0 atom stereocenters. The Labute approximate surface area is 311 Å². The molecule has 0 radical (unpaired) electrons. The normalized spacial score (nSPS) is 11.7. The summed E-state index contributed by atoms with van der Waals surface area (Å²) in [6.07, 6.45) is 3.88. The van der Waals surface area contributed by atoms with Gasteiger partial charge in [-0.1, -0.05) is 152 Å². The zero-order valence-corrected chi connectivity index (χ0v) is 29.1. The Kier molecular flexibility index (Phi) is 6.82. The van der Waals surface area contributed by atoms with Crippen molar-refractivity contribution in [2.24, 2.45) is 0 Å². The van der Waals surface area contributed by atoms with Crippen molar-refractivity contribution in [1.29, 1.82) is 0 Å². The molecule has 0 aliphatic carbocycles. The minimum atomic E-state index is 0.632.